The van der Waals surface area contributed by atoms with Crippen molar-refractivity contribution in [2.24, 2.45) is 0 Å². The fourth-order valence-electron chi connectivity index (χ4n) is 2.32. The number of carbonyl (C=O) groups is 1. The molecule has 1 aliphatic heterocycles. The Bertz CT molecular complexity index is 775. The molecular formula is C16H14N2O5. The fourth-order valence-corrected chi connectivity index (χ4v) is 2.32. The third kappa shape index (κ3) is 2.94. The molecule has 2 aromatic carbocycles. The lowest BCUT2D eigenvalue weighted by atomic mass is 10.1. The zero-order valence-electron chi connectivity index (χ0n) is 12.3. The lowest BCUT2D eigenvalue weighted by Crippen LogP contribution is -2.40. The summed E-state index contributed by atoms with van der Waals surface area (Å²) in [6.45, 7) is 1.66. The zero-order chi connectivity index (χ0) is 16.4. The minimum atomic E-state index is -0.816. The van der Waals surface area contributed by atoms with Gasteiger partial charge in [0.25, 0.3) is 11.6 Å². The third-order valence-corrected chi connectivity index (χ3v) is 3.56. The molecule has 23 heavy (non-hydrogen) atoms. The first-order valence-corrected chi connectivity index (χ1v) is 6.99. The number of anilines is 1. The van der Waals surface area contributed by atoms with Crippen LogP contribution in [0.3, 0.4) is 0 Å². The SMILES string of the molecule is Cc1c(NC(=O)C2COc3ccccc3O2)cccc1[N+](=O)[O-]. The molecule has 0 aromatic heterocycles. The maximum Gasteiger partial charge on any atom is 0.274 e. The molecule has 118 valence electrons. The number of rotatable bonds is 3. The molecule has 0 radical (unpaired) electrons. The summed E-state index contributed by atoms with van der Waals surface area (Å²) in [5.74, 6) is 0.667. The monoisotopic (exact) mass is 314 g/mol. The van der Waals surface area contributed by atoms with E-state index >= 15 is 0 Å². The number of hydrogen-bond acceptors (Lipinski definition) is 5. The number of amides is 1. The van der Waals surface area contributed by atoms with Crippen molar-refractivity contribution in [1.29, 1.82) is 0 Å². The number of carbonyl (C=O) groups excluding carboxylic acids is 1. The van der Waals surface area contributed by atoms with E-state index in [1.165, 1.54) is 12.1 Å². The summed E-state index contributed by atoms with van der Waals surface area (Å²) < 4.78 is 11.1. The molecule has 3 rings (SSSR count). The molecule has 1 heterocycles. The summed E-state index contributed by atoms with van der Waals surface area (Å²) in [6.07, 6.45) is -0.816. The smallest absolute Gasteiger partial charge is 0.274 e. The number of ether oxygens (including phenoxy) is 2. The zero-order valence-corrected chi connectivity index (χ0v) is 12.3. The van der Waals surface area contributed by atoms with Crippen molar-refractivity contribution < 1.29 is 19.2 Å². The fraction of sp³-hybridized carbons (Fsp3) is 0.188. The Labute approximate surface area is 132 Å². The van der Waals surface area contributed by atoms with Crippen LogP contribution in [0.15, 0.2) is 42.5 Å². The van der Waals surface area contributed by atoms with Gasteiger partial charge in [-0.3, -0.25) is 14.9 Å². The van der Waals surface area contributed by atoms with Crippen LogP contribution in [0, 0.1) is 17.0 Å². The first kappa shape index (κ1) is 14.8. The predicted molar refractivity (Wildman–Crippen MR) is 82.8 cm³/mol. The average molecular weight is 314 g/mol. The van der Waals surface area contributed by atoms with E-state index in [2.05, 4.69) is 5.32 Å². The first-order chi connectivity index (χ1) is 11.1. The standard InChI is InChI=1S/C16H14N2O5/c1-10-11(5-4-6-12(10)18(20)21)17-16(19)15-9-22-13-7-2-3-8-14(13)23-15/h2-8,15H,9H2,1H3,(H,17,19). The third-order valence-electron chi connectivity index (χ3n) is 3.56. The number of nitro benzene ring substituents is 1. The highest BCUT2D eigenvalue weighted by Crippen LogP contribution is 2.31. The number of nitrogens with zero attached hydrogens (tertiary/aromatic N) is 1. The largest absolute Gasteiger partial charge is 0.485 e. The average Bonchev–Trinajstić information content (AvgIpc) is 2.56. The second kappa shape index (κ2) is 5.96. The Balaban J connectivity index is 1.76. The number of nitro groups is 1. The van der Waals surface area contributed by atoms with Crippen molar-refractivity contribution in [3.05, 3.63) is 58.1 Å². The van der Waals surface area contributed by atoms with Crippen molar-refractivity contribution in [2.75, 3.05) is 11.9 Å². The predicted octanol–water partition coefficient (Wildman–Crippen LogP) is 2.68. The molecule has 1 N–H and O–H groups in total. The number of benzene rings is 2. The Hall–Kier alpha value is -3.09. The van der Waals surface area contributed by atoms with E-state index in [-0.39, 0.29) is 12.3 Å². The van der Waals surface area contributed by atoms with E-state index in [9.17, 15) is 14.9 Å². The van der Waals surface area contributed by atoms with Crippen LogP contribution in [0.25, 0.3) is 0 Å². The van der Waals surface area contributed by atoms with Gasteiger partial charge in [-0.1, -0.05) is 18.2 Å². The Morgan fingerprint density at radius 1 is 1.22 bits per heavy atom. The van der Waals surface area contributed by atoms with Gasteiger partial charge in [0.2, 0.25) is 6.10 Å². The lowest BCUT2D eigenvalue weighted by Gasteiger charge is -2.25. The molecule has 0 fully saturated rings. The maximum absolute atomic E-state index is 12.3. The molecule has 1 unspecified atom stereocenters. The summed E-state index contributed by atoms with van der Waals surface area (Å²) in [6, 6.07) is 11.6. The van der Waals surface area contributed by atoms with Crippen LogP contribution in [0.4, 0.5) is 11.4 Å². The van der Waals surface area contributed by atoms with Crippen LogP contribution in [-0.2, 0) is 4.79 Å². The molecule has 0 bridgehead atoms. The van der Waals surface area contributed by atoms with Gasteiger partial charge >= 0.3 is 0 Å². The molecule has 1 amide bonds. The Morgan fingerprint density at radius 2 is 1.96 bits per heavy atom. The highest BCUT2D eigenvalue weighted by atomic mass is 16.6. The normalized spacial score (nSPS) is 15.8. The second-order valence-corrected chi connectivity index (χ2v) is 5.06. The van der Waals surface area contributed by atoms with Gasteiger partial charge in [0, 0.05) is 6.07 Å². The molecule has 0 spiro atoms. The Morgan fingerprint density at radius 3 is 2.70 bits per heavy atom. The molecule has 2 aromatic rings. The van der Waals surface area contributed by atoms with E-state index in [4.69, 9.17) is 9.47 Å². The second-order valence-electron chi connectivity index (χ2n) is 5.06. The van der Waals surface area contributed by atoms with E-state index in [1.54, 1.807) is 31.2 Å². The number of nitrogens with one attached hydrogen (secondary N) is 1. The number of hydrogen-bond donors (Lipinski definition) is 1. The molecule has 7 heteroatoms. The van der Waals surface area contributed by atoms with Crippen molar-refractivity contribution in [1.82, 2.24) is 0 Å². The molecule has 1 aliphatic rings. The van der Waals surface area contributed by atoms with E-state index in [0.29, 0.717) is 22.7 Å². The highest BCUT2D eigenvalue weighted by Gasteiger charge is 2.28. The van der Waals surface area contributed by atoms with E-state index in [0.717, 1.165) is 0 Å². The molecule has 0 aliphatic carbocycles. The quantitative estimate of drug-likeness (QED) is 0.695. The highest BCUT2D eigenvalue weighted by molar-refractivity contribution is 5.95. The summed E-state index contributed by atoms with van der Waals surface area (Å²) in [5.41, 5.74) is 0.726. The van der Waals surface area contributed by atoms with Crippen LogP contribution in [0.1, 0.15) is 5.56 Å². The first-order valence-electron chi connectivity index (χ1n) is 6.99. The minimum absolute atomic E-state index is 0.0473. The molecule has 7 nitrogen and oxygen atoms in total. The van der Waals surface area contributed by atoms with Gasteiger partial charge in [0.15, 0.2) is 11.5 Å². The number of fused-ring (bicyclic) bond motifs is 1. The van der Waals surface area contributed by atoms with Gasteiger partial charge in [-0.25, -0.2) is 0 Å². The topological polar surface area (TPSA) is 90.7 Å². The summed E-state index contributed by atoms with van der Waals surface area (Å²) in [4.78, 5) is 22.8. The molecule has 0 saturated carbocycles. The summed E-state index contributed by atoms with van der Waals surface area (Å²) in [5, 5.41) is 13.6. The maximum atomic E-state index is 12.3. The van der Waals surface area contributed by atoms with Gasteiger partial charge in [-0.2, -0.15) is 0 Å². The lowest BCUT2D eigenvalue weighted by molar-refractivity contribution is -0.385. The molecule has 1 atom stereocenters. The van der Waals surface area contributed by atoms with Crippen LogP contribution >= 0.6 is 0 Å². The summed E-state index contributed by atoms with van der Waals surface area (Å²) in [7, 11) is 0. The minimum Gasteiger partial charge on any atom is -0.485 e. The van der Waals surface area contributed by atoms with E-state index in [1.807, 2.05) is 6.07 Å². The van der Waals surface area contributed by atoms with Crippen LogP contribution in [0.5, 0.6) is 11.5 Å². The van der Waals surface area contributed by atoms with Crippen molar-refractivity contribution in [2.45, 2.75) is 13.0 Å². The van der Waals surface area contributed by atoms with Gasteiger partial charge in [0.05, 0.1) is 16.2 Å². The summed E-state index contributed by atoms with van der Waals surface area (Å²) >= 11 is 0. The Kier molecular flexibility index (Phi) is 3.84. The molecule has 0 saturated heterocycles. The van der Waals surface area contributed by atoms with Gasteiger partial charge in [0.1, 0.15) is 6.61 Å². The van der Waals surface area contributed by atoms with E-state index < -0.39 is 16.9 Å². The van der Waals surface area contributed by atoms with Gasteiger partial charge < -0.3 is 14.8 Å². The van der Waals surface area contributed by atoms with Crippen LogP contribution in [-0.4, -0.2) is 23.5 Å². The van der Waals surface area contributed by atoms with Crippen LogP contribution < -0.4 is 14.8 Å². The van der Waals surface area contributed by atoms with Gasteiger partial charge in [-0.15, -0.1) is 0 Å². The van der Waals surface area contributed by atoms with Crippen LogP contribution in [0.2, 0.25) is 0 Å². The number of para-hydroxylation sites is 2. The van der Waals surface area contributed by atoms with Crippen molar-refractivity contribution >= 4 is 17.3 Å². The molecular weight excluding hydrogens is 300 g/mol. The van der Waals surface area contributed by atoms with Crippen molar-refractivity contribution in [3.63, 3.8) is 0 Å². The van der Waals surface area contributed by atoms with Crippen molar-refractivity contribution in [3.8, 4) is 11.5 Å². The van der Waals surface area contributed by atoms with Gasteiger partial charge in [-0.05, 0) is 25.1 Å².